The monoisotopic (exact) mass is 416 g/mol. The van der Waals surface area contributed by atoms with Gasteiger partial charge in [-0.1, -0.05) is 25.1 Å². The largest absolute Gasteiger partial charge is 0.497 e. The van der Waals surface area contributed by atoms with Gasteiger partial charge in [0.1, 0.15) is 5.75 Å². The molecule has 0 aliphatic rings. The van der Waals surface area contributed by atoms with E-state index >= 15 is 0 Å². The van der Waals surface area contributed by atoms with Crippen molar-refractivity contribution < 1.29 is 17.9 Å². The SMILES string of the molecule is CCCn1nc(C(=O)NNS(=O)(=O)c2ccc(OC)cc2)c2ccccc2c1=O. The van der Waals surface area contributed by atoms with E-state index in [-0.39, 0.29) is 16.1 Å². The molecule has 1 heterocycles. The third-order valence-corrected chi connectivity index (χ3v) is 5.45. The Labute approximate surface area is 167 Å². The van der Waals surface area contributed by atoms with Crippen LogP contribution in [-0.4, -0.2) is 31.2 Å². The molecule has 152 valence electrons. The topological polar surface area (TPSA) is 119 Å². The summed E-state index contributed by atoms with van der Waals surface area (Å²) in [4.78, 5) is 27.2. The van der Waals surface area contributed by atoms with E-state index in [4.69, 9.17) is 4.74 Å². The minimum atomic E-state index is -4.00. The Kier molecular flexibility index (Phi) is 5.95. The van der Waals surface area contributed by atoms with Crippen molar-refractivity contribution in [3.8, 4) is 5.75 Å². The summed E-state index contributed by atoms with van der Waals surface area (Å²) >= 11 is 0. The molecule has 0 bridgehead atoms. The number of hydrogen-bond acceptors (Lipinski definition) is 6. The van der Waals surface area contributed by atoms with Crippen molar-refractivity contribution in [2.75, 3.05) is 7.11 Å². The average Bonchev–Trinajstić information content (AvgIpc) is 2.74. The second kappa shape index (κ2) is 8.41. The number of nitrogens with zero attached hydrogens (tertiary/aromatic N) is 2. The van der Waals surface area contributed by atoms with E-state index in [9.17, 15) is 18.0 Å². The molecule has 0 radical (unpaired) electrons. The lowest BCUT2D eigenvalue weighted by molar-refractivity contribution is 0.0939. The molecule has 0 spiro atoms. The third-order valence-electron chi connectivity index (χ3n) is 4.19. The minimum absolute atomic E-state index is 0.0487. The number of sulfonamides is 1. The standard InChI is InChI=1S/C19H20N4O5S/c1-3-12-23-19(25)16-7-5-4-6-15(16)17(21-23)18(24)20-22-29(26,27)14-10-8-13(28-2)9-11-14/h4-11,22H,3,12H2,1-2H3,(H,20,24). The maximum absolute atomic E-state index is 12.7. The number of carbonyl (C=O) groups excluding carboxylic acids is 1. The van der Waals surface area contributed by atoms with Crippen molar-refractivity contribution in [1.29, 1.82) is 0 Å². The van der Waals surface area contributed by atoms with Gasteiger partial charge in [0.25, 0.3) is 21.5 Å². The summed E-state index contributed by atoms with van der Waals surface area (Å²) in [6.45, 7) is 2.22. The maximum atomic E-state index is 12.7. The number of aryl methyl sites for hydroxylation is 1. The van der Waals surface area contributed by atoms with Gasteiger partial charge in [0, 0.05) is 11.9 Å². The zero-order chi connectivity index (χ0) is 21.0. The van der Waals surface area contributed by atoms with E-state index in [1.807, 2.05) is 11.8 Å². The Bertz CT molecular complexity index is 1200. The zero-order valence-electron chi connectivity index (χ0n) is 15.9. The highest BCUT2D eigenvalue weighted by Gasteiger charge is 2.20. The van der Waals surface area contributed by atoms with Crippen LogP contribution in [0.25, 0.3) is 10.8 Å². The fraction of sp³-hybridized carbons (Fsp3) is 0.211. The number of fused-ring (bicyclic) bond motifs is 1. The molecule has 3 aromatic rings. The van der Waals surface area contributed by atoms with Crippen LogP contribution >= 0.6 is 0 Å². The molecule has 0 aliphatic heterocycles. The lowest BCUT2D eigenvalue weighted by Gasteiger charge is -2.12. The Morgan fingerprint density at radius 2 is 1.76 bits per heavy atom. The van der Waals surface area contributed by atoms with Gasteiger partial charge in [-0.05, 0) is 36.8 Å². The molecule has 1 amide bonds. The second-order valence-electron chi connectivity index (χ2n) is 6.16. The number of rotatable bonds is 7. The van der Waals surface area contributed by atoms with Crippen LogP contribution in [0.3, 0.4) is 0 Å². The van der Waals surface area contributed by atoms with E-state index in [0.717, 1.165) is 0 Å². The molecule has 9 nitrogen and oxygen atoms in total. The zero-order valence-corrected chi connectivity index (χ0v) is 16.7. The molecular weight excluding hydrogens is 396 g/mol. The van der Waals surface area contributed by atoms with Crippen molar-refractivity contribution in [3.63, 3.8) is 0 Å². The first kappa shape index (κ1) is 20.5. The van der Waals surface area contributed by atoms with E-state index in [0.29, 0.717) is 29.5 Å². The number of carbonyl (C=O) groups is 1. The summed E-state index contributed by atoms with van der Waals surface area (Å²) in [6.07, 6.45) is 0.649. The third kappa shape index (κ3) is 4.28. The Morgan fingerprint density at radius 1 is 1.10 bits per heavy atom. The summed E-state index contributed by atoms with van der Waals surface area (Å²) in [7, 11) is -2.53. The summed E-state index contributed by atoms with van der Waals surface area (Å²) < 4.78 is 31.0. The average molecular weight is 416 g/mol. The molecular formula is C19H20N4O5S. The van der Waals surface area contributed by atoms with Crippen LogP contribution in [0.15, 0.2) is 58.2 Å². The Hall–Kier alpha value is -3.24. The van der Waals surface area contributed by atoms with Crippen molar-refractivity contribution in [1.82, 2.24) is 20.0 Å². The van der Waals surface area contributed by atoms with Crippen LogP contribution in [-0.2, 0) is 16.6 Å². The number of amides is 1. The number of methoxy groups -OCH3 is 1. The highest BCUT2D eigenvalue weighted by atomic mass is 32.2. The normalized spacial score (nSPS) is 11.4. The van der Waals surface area contributed by atoms with Crippen LogP contribution in [0.1, 0.15) is 23.8 Å². The first-order valence-electron chi connectivity index (χ1n) is 8.83. The number of benzene rings is 2. The predicted molar refractivity (Wildman–Crippen MR) is 107 cm³/mol. The molecule has 3 rings (SSSR count). The van der Waals surface area contributed by atoms with Gasteiger partial charge in [-0.3, -0.25) is 15.0 Å². The second-order valence-corrected chi connectivity index (χ2v) is 7.84. The number of ether oxygens (including phenoxy) is 1. The molecule has 0 saturated carbocycles. The quantitative estimate of drug-likeness (QED) is 0.563. The summed E-state index contributed by atoms with van der Waals surface area (Å²) in [5.41, 5.74) is 1.80. The van der Waals surface area contributed by atoms with Crippen LogP contribution < -0.4 is 20.6 Å². The smallest absolute Gasteiger partial charge is 0.287 e. The number of nitrogens with one attached hydrogen (secondary N) is 2. The molecule has 0 unspecified atom stereocenters. The van der Waals surface area contributed by atoms with Crippen molar-refractivity contribution in [3.05, 3.63) is 64.6 Å². The minimum Gasteiger partial charge on any atom is -0.497 e. The van der Waals surface area contributed by atoms with E-state index in [1.165, 1.54) is 36.1 Å². The molecule has 2 aromatic carbocycles. The van der Waals surface area contributed by atoms with Crippen LogP contribution in [0.4, 0.5) is 0 Å². The number of hydrazine groups is 1. The van der Waals surface area contributed by atoms with Crippen molar-refractivity contribution in [2.24, 2.45) is 0 Å². The summed E-state index contributed by atoms with van der Waals surface area (Å²) in [6, 6.07) is 12.2. The van der Waals surface area contributed by atoms with Gasteiger partial charge in [-0.15, -0.1) is 4.83 Å². The fourth-order valence-corrected chi connectivity index (χ4v) is 3.59. The van der Waals surface area contributed by atoms with Crippen molar-refractivity contribution >= 4 is 26.7 Å². The molecule has 1 aromatic heterocycles. The molecule has 0 atom stereocenters. The maximum Gasteiger partial charge on any atom is 0.287 e. The molecule has 0 saturated heterocycles. The van der Waals surface area contributed by atoms with E-state index < -0.39 is 15.9 Å². The molecule has 29 heavy (non-hydrogen) atoms. The molecule has 0 fully saturated rings. The highest BCUT2D eigenvalue weighted by Crippen LogP contribution is 2.16. The molecule has 0 aliphatic carbocycles. The predicted octanol–water partition coefficient (Wildman–Crippen LogP) is 1.44. The van der Waals surface area contributed by atoms with Gasteiger partial charge in [0.15, 0.2) is 5.69 Å². The van der Waals surface area contributed by atoms with E-state index in [2.05, 4.69) is 10.5 Å². The molecule has 2 N–H and O–H groups in total. The lowest BCUT2D eigenvalue weighted by Crippen LogP contribution is -2.42. The van der Waals surface area contributed by atoms with Gasteiger partial charge < -0.3 is 4.74 Å². The van der Waals surface area contributed by atoms with Crippen LogP contribution in [0.2, 0.25) is 0 Å². The van der Waals surface area contributed by atoms with Gasteiger partial charge in [-0.2, -0.15) is 5.10 Å². The van der Waals surface area contributed by atoms with Gasteiger partial charge in [0.2, 0.25) is 0 Å². The van der Waals surface area contributed by atoms with Crippen LogP contribution in [0.5, 0.6) is 5.75 Å². The van der Waals surface area contributed by atoms with Gasteiger partial charge in [-0.25, -0.2) is 13.1 Å². The lowest BCUT2D eigenvalue weighted by atomic mass is 10.1. The van der Waals surface area contributed by atoms with Crippen molar-refractivity contribution in [2.45, 2.75) is 24.8 Å². The van der Waals surface area contributed by atoms with Gasteiger partial charge >= 0.3 is 0 Å². The van der Waals surface area contributed by atoms with E-state index in [1.54, 1.807) is 24.3 Å². The fourth-order valence-electron chi connectivity index (χ4n) is 2.75. The number of aromatic nitrogens is 2. The summed E-state index contributed by atoms with van der Waals surface area (Å²) in [5.74, 6) is -0.273. The number of hydrogen-bond donors (Lipinski definition) is 2. The van der Waals surface area contributed by atoms with Gasteiger partial charge in [0.05, 0.1) is 17.4 Å². The first-order chi connectivity index (χ1) is 13.9. The Balaban J connectivity index is 1.89. The first-order valence-corrected chi connectivity index (χ1v) is 10.3. The Morgan fingerprint density at radius 3 is 2.38 bits per heavy atom. The molecule has 10 heteroatoms. The highest BCUT2D eigenvalue weighted by molar-refractivity contribution is 7.89. The summed E-state index contributed by atoms with van der Waals surface area (Å²) in [5, 5.41) is 4.80. The van der Waals surface area contributed by atoms with Crippen LogP contribution in [0, 0.1) is 0 Å².